The molecule has 2 aromatic rings. The summed E-state index contributed by atoms with van der Waals surface area (Å²) in [5.41, 5.74) is 2.13. The summed E-state index contributed by atoms with van der Waals surface area (Å²) < 4.78 is 0. The number of rotatable bonds is 6. The van der Waals surface area contributed by atoms with Crippen LogP contribution in [-0.4, -0.2) is 28.5 Å². The Labute approximate surface area is 122 Å². The van der Waals surface area contributed by atoms with Crippen molar-refractivity contribution in [1.29, 1.82) is 0 Å². The van der Waals surface area contributed by atoms with Crippen LogP contribution in [0.3, 0.4) is 0 Å². The fourth-order valence-electron chi connectivity index (χ4n) is 1.91. The minimum Gasteiger partial charge on any atom is -0.478 e. The summed E-state index contributed by atoms with van der Waals surface area (Å²) in [6.07, 6.45) is 4.32. The average molecular weight is 284 g/mol. The van der Waals surface area contributed by atoms with Gasteiger partial charge in [-0.25, -0.2) is 4.79 Å². The maximum Gasteiger partial charge on any atom is 0.335 e. The van der Waals surface area contributed by atoms with Gasteiger partial charge in [-0.1, -0.05) is 18.2 Å². The lowest BCUT2D eigenvalue weighted by molar-refractivity contribution is -0.120. The lowest BCUT2D eigenvalue weighted by Crippen LogP contribution is -2.27. The molecule has 0 aliphatic rings. The number of amides is 1. The van der Waals surface area contributed by atoms with Crippen LogP contribution in [0, 0.1) is 0 Å². The summed E-state index contributed by atoms with van der Waals surface area (Å²) in [5, 5.41) is 11.6. The van der Waals surface area contributed by atoms with E-state index in [2.05, 4.69) is 10.3 Å². The summed E-state index contributed by atoms with van der Waals surface area (Å²) in [5.74, 6) is -0.989. The number of carboxylic acids is 1. The third kappa shape index (κ3) is 4.72. The molecule has 0 atom stereocenters. The minimum absolute atomic E-state index is 0.0508. The van der Waals surface area contributed by atoms with E-state index in [1.165, 1.54) is 0 Å². The minimum atomic E-state index is -0.939. The van der Waals surface area contributed by atoms with Gasteiger partial charge in [0.05, 0.1) is 12.0 Å². The predicted molar refractivity (Wildman–Crippen MR) is 78.1 cm³/mol. The fourth-order valence-corrected chi connectivity index (χ4v) is 1.91. The van der Waals surface area contributed by atoms with Crippen LogP contribution >= 0.6 is 0 Å². The largest absolute Gasteiger partial charge is 0.478 e. The molecule has 0 spiro atoms. The van der Waals surface area contributed by atoms with Gasteiger partial charge in [-0.05, 0) is 35.7 Å². The Balaban J connectivity index is 1.76. The van der Waals surface area contributed by atoms with E-state index in [-0.39, 0.29) is 11.5 Å². The number of carboxylic acid groups (broad SMARTS) is 1. The highest BCUT2D eigenvalue weighted by Crippen LogP contribution is 2.05. The van der Waals surface area contributed by atoms with Crippen molar-refractivity contribution in [2.75, 3.05) is 6.54 Å². The van der Waals surface area contributed by atoms with Crippen LogP contribution in [0.1, 0.15) is 21.5 Å². The molecule has 5 nitrogen and oxygen atoms in total. The number of nitrogens with zero attached hydrogens (tertiary/aromatic N) is 1. The molecule has 5 heteroatoms. The Kier molecular flexibility index (Phi) is 5.04. The molecule has 0 bridgehead atoms. The highest BCUT2D eigenvalue weighted by molar-refractivity contribution is 5.87. The van der Waals surface area contributed by atoms with E-state index in [0.717, 1.165) is 11.1 Å². The smallest absolute Gasteiger partial charge is 0.335 e. The molecule has 0 aliphatic heterocycles. The topological polar surface area (TPSA) is 79.3 Å². The van der Waals surface area contributed by atoms with Crippen LogP contribution < -0.4 is 5.32 Å². The zero-order valence-electron chi connectivity index (χ0n) is 11.5. The van der Waals surface area contributed by atoms with Gasteiger partial charge < -0.3 is 10.4 Å². The molecular formula is C16H16N2O3. The Morgan fingerprint density at radius 2 is 1.86 bits per heavy atom. The highest BCUT2D eigenvalue weighted by Gasteiger charge is 2.04. The van der Waals surface area contributed by atoms with Crippen LogP contribution in [0.25, 0.3) is 0 Å². The molecule has 0 aliphatic carbocycles. The molecule has 0 radical (unpaired) electrons. The van der Waals surface area contributed by atoms with Gasteiger partial charge >= 0.3 is 5.97 Å². The second-order valence-electron chi connectivity index (χ2n) is 4.64. The van der Waals surface area contributed by atoms with Gasteiger partial charge in [0.25, 0.3) is 0 Å². The number of benzene rings is 1. The lowest BCUT2D eigenvalue weighted by atomic mass is 10.1. The van der Waals surface area contributed by atoms with Gasteiger partial charge in [0.1, 0.15) is 0 Å². The second kappa shape index (κ2) is 7.19. The summed E-state index contributed by atoms with van der Waals surface area (Å²) in [4.78, 5) is 26.4. The first kappa shape index (κ1) is 14.7. The quantitative estimate of drug-likeness (QED) is 0.846. The van der Waals surface area contributed by atoms with Crippen molar-refractivity contribution >= 4 is 11.9 Å². The standard InChI is InChI=1S/C16H16N2O3/c19-15(10-13-2-1-8-17-11-13)18-9-7-12-3-5-14(6-4-12)16(20)21/h1-6,8,11H,7,9-10H2,(H,18,19)(H,20,21). The summed E-state index contributed by atoms with van der Waals surface area (Å²) in [6, 6.07) is 10.3. The van der Waals surface area contributed by atoms with Gasteiger partial charge in [0.15, 0.2) is 0 Å². The first-order valence-corrected chi connectivity index (χ1v) is 6.63. The molecule has 21 heavy (non-hydrogen) atoms. The predicted octanol–water partition coefficient (Wildman–Crippen LogP) is 1.68. The molecule has 2 rings (SSSR count). The number of carbonyl (C=O) groups is 2. The Bertz CT molecular complexity index is 609. The van der Waals surface area contributed by atoms with E-state index in [0.29, 0.717) is 19.4 Å². The number of hydrogen-bond acceptors (Lipinski definition) is 3. The van der Waals surface area contributed by atoms with Crippen LogP contribution in [0.4, 0.5) is 0 Å². The molecule has 0 saturated heterocycles. The van der Waals surface area contributed by atoms with E-state index in [4.69, 9.17) is 5.11 Å². The molecule has 1 aromatic carbocycles. The molecule has 1 aromatic heterocycles. The fraction of sp³-hybridized carbons (Fsp3) is 0.188. The molecule has 108 valence electrons. The zero-order chi connectivity index (χ0) is 15.1. The number of nitrogens with one attached hydrogen (secondary N) is 1. The van der Waals surface area contributed by atoms with Crippen molar-refractivity contribution in [2.24, 2.45) is 0 Å². The summed E-state index contributed by atoms with van der Waals surface area (Å²) in [7, 11) is 0. The maximum absolute atomic E-state index is 11.7. The molecule has 1 heterocycles. The summed E-state index contributed by atoms with van der Waals surface area (Å²) in [6.45, 7) is 0.519. The summed E-state index contributed by atoms with van der Waals surface area (Å²) >= 11 is 0. The number of pyridine rings is 1. The number of hydrogen-bond donors (Lipinski definition) is 2. The molecule has 1 amide bonds. The van der Waals surface area contributed by atoms with Gasteiger partial charge in [-0.15, -0.1) is 0 Å². The SMILES string of the molecule is O=C(Cc1cccnc1)NCCc1ccc(C(=O)O)cc1. The molecule has 0 unspecified atom stereocenters. The number of carbonyl (C=O) groups excluding carboxylic acids is 1. The van der Waals surface area contributed by atoms with Crippen molar-refractivity contribution in [3.8, 4) is 0 Å². The van der Waals surface area contributed by atoms with Crippen LogP contribution in [-0.2, 0) is 17.6 Å². The average Bonchev–Trinajstić information content (AvgIpc) is 2.49. The molecular weight excluding hydrogens is 268 g/mol. The van der Waals surface area contributed by atoms with E-state index < -0.39 is 5.97 Å². The number of aromatic carboxylic acids is 1. The first-order chi connectivity index (χ1) is 10.1. The Morgan fingerprint density at radius 3 is 2.48 bits per heavy atom. The lowest BCUT2D eigenvalue weighted by Gasteiger charge is -2.05. The third-order valence-corrected chi connectivity index (χ3v) is 3.02. The van der Waals surface area contributed by atoms with Gasteiger partial charge in [-0.2, -0.15) is 0 Å². The van der Waals surface area contributed by atoms with Gasteiger partial charge in [-0.3, -0.25) is 9.78 Å². The van der Waals surface area contributed by atoms with E-state index in [1.807, 2.05) is 6.07 Å². The normalized spacial score (nSPS) is 10.1. The monoisotopic (exact) mass is 284 g/mol. The Morgan fingerprint density at radius 1 is 1.10 bits per heavy atom. The molecule has 0 fully saturated rings. The Hall–Kier alpha value is -2.69. The zero-order valence-corrected chi connectivity index (χ0v) is 11.5. The molecule has 2 N–H and O–H groups in total. The van der Waals surface area contributed by atoms with Crippen molar-refractivity contribution in [2.45, 2.75) is 12.8 Å². The van der Waals surface area contributed by atoms with Crippen molar-refractivity contribution < 1.29 is 14.7 Å². The molecule has 0 saturated carbocycles. The maximum atomic E-state index is 11.7. The van der Waals surface area contributed by atoms with E-state index >= 15 is 0 Å². The van der Waals surface area contributed by atoms with E-state index in [9.17, 15) is 9.59 Å². The van der Waals surface area contributed by atoms with Crippen molar-refractivity contribution in [3.05, 3.63) is 65.5 Å². The third-order valence-electron chi connectivity index (χ3n) is 3.02. The highest BCUT2D eigenvalue weighted by atomic mass is 16.4. The second-order valence-corrected chi connectivity index (χ2v) is 4.64. The first-order valence-electron chi connectivity index (χ1n) is 6.63. The van der Waals surface area contributed by atoms with Crippen molar-refractivity contribution in [1.82, 2.24) is 10.3 Å². The van der Waals surface area contributed by atoms with E-state index in [1.54, 1.807) is 42.7 Å². The van der Waals surface area contributed by atoms with Crippen LogP contribution in [0.2, 0.25) is 0 Å². The van der Waals surface area contributed by atoms with Gasteiger partial charge in [0.2, 0.25) is 5.91 Å². The van der Waals surface area contributed by atoms with Crippen LogP contribution in [0.5, 0.6) is 0 Å². The van der Waals surface area contributed by atoms with Crippen LogP contribution in [0.15, 0.2) is 48.8 Å². The van der Waals surface area contributed by atoms with Gasteiger partial charge in [0, 0.05) is 18.9 Å². The van der Waals surface area contributed by atoms with Crippen molar-refractivity contribution in [3.63, 3.8) is 0 Å². The number of aromatic nitrogens is 1.